The minimum absolute atomic E-state index is 0.150. The van der Waals surface area contributed by atoms with Gasteiger partial charge in [0.1, 0.15) is 5.82 Å². The van der Waals surface area contributed by atoms with E-state index in [-0.39, 0.29) is 30.7 Å². The number of anilines is 1. The third kappa shape index (κ3) is 4.63. The van der Waals surface area contributed by atoms with Crippen molar-refractivity contribution in [3.63, 3.8) is 0 Å². The van der Waals surface area contributed by atoms with Gasteiger partial charge in [-0.1, -0.05) is 48.5 Å². The minimum atomic E-state index is -0.311. The summed E-state index contributed by atoms with van der Waals surface area (Å²) in [4.78, 5) is 26.8. The van der Waals surface area contributed by atoms with Crippen molar-refractivity contribution >= 4 is 17.6 Å². The Labute approximate surface area is 163 Å². The maximum Gasteiger partial charge on any atom is 0.274 e. The van der Waals surface area contributed by atoms with Crippen LogP contribution in [-0.4, -0.2) is 44.8 Å². The van der Waals surface area contributed by atoms with E-state index in [1.807, 2.05) is 36.4 Å². The summed E-state index contributed by atoms with van der Waals surface area (Å²) < 4.78 is 1.45. The Morgan fingerprint density at radius 3 is 2.36 bits per heavy atom. The average molecular weight is 378 g/mol. The van der Waals surface area contributed by atoms with Crippen molar-refractivity contribution in [2.75, 3.05) is 18.5 Å². The smallest absolute Gasteiger partial charge is 0.274 e. The summed E-state index contributed by atoms with van der Waals surface area (Å²) in [6, 6.07) is 19.9. The Balaban J connectivity index is 1.76. The van der Waals surface area contributed by atoms with Gasteiger partial charge in [0.25, 0.3) is 11.8 Å². The summed E-state index contributed by atoms with van der Waals surface area (Å²) >= 11 is 0. The van der Waals surface area contributed by atoms with Crippen molar-refractivity contribution in [3.05, 3.63) is 83.6 Å². The van der Waals surface area contributed by atoms with E-state index in [9.17, 15) is 14.7 Å². The maximum absolute atomic E-state index is 12.9. The van der Waals surface area contributed by atoms with Crippen LogP contribution in [0.4, 0.5) is 5.82 Å². The molecule has 2 aromatic carbocycles. The van der Waals surface area contributed by atoms with Gasteiger partial charge in [0.2, 0.25) is 0 Å². The number of aliphatic hydroxyl groups excluding tert-OH is 1. The van der Waals surface area contributed by atoms with E-state index in [4.69, 9.17) is 0 Å². The highest BCUT2D eigenvalue weighted by atomic mass is 16.3. The number of amides is 2. The molecule has 144 valence electrons. The first kappa shape index (κ1) is 19.3. The molecule has 0 fully saturated rings. The first-order valence-corrected chi connectivity index (χ1v) is 8.93. The van der Waals surface area contributed by atoms with Gasteiger partial charge in [-0.2, -0.15) is 5.10 Å². The third-order valence-electron chi connectivity index (χ3n) is 4.25. The number of benzene rings is 2. The van der Waals surface area contributed by atoms with Gasteiger partial charge in [-0.3, -0.25) is 14.3 Å². The maximum atomic E-state index is 12.9. The van der Waals surface area contributed by atoms with Gasteiger partial charge in [0, 0.05) is 31.8 Å². The molecule has 0 radical (unpaired) electrons. The monoisotopic (exact) mass is 378 g/mol. The zero-order valence-corrected chi connectivity index (χ0v) is 15.6. The van der Waals surface area contributed by atoms with E-state index >= 15 is 0 Å². The second-order valence-electron chi connectivity index (χ2n) is 6.29. The van der Waals surface area contributed by atoms with Gasteiger partial charge in [-0.25, -0.2) is 0 Å². The Morgan fingerprint density at radius 1 is 1.07 bits per heavy atom. The van der Waals surface area contributed by atoms with Crippen LogP contribution in [-0.2, 0) is 13.6 Å². The Morgan fingerprint density at radius 2 is 1.71 bits per heavy atom. The summed E-state index contributed by atoms with van der Waals surface area (Å²) in [5.41, 5.74) is 1.68. The van der Waals surface area contributed by atoms with Crippen LogP contribution in [0.5, 0.6) is 0 Å². The molecule has 2 amide bonds. The fraction of sp³-hybridized carbons (Fsp3) is 0.190. The number of aromatic nitrogens is 2. The normalized spacial score (nSPS) is 10.5. The van der Waals surface area contributed by atoms with Crippen LogP contribution in [0.1, 0.15) is 26.4 Å². The summed E-state index contributed by atoms with van der Waals surface area (Å²) in [6.45, 7) is 0.404. The third-order valence-corrected chi connectivity index (χ3v) is 4.25. The van der Waals surface area contributed by atoms with Gasteiger partial charge in [-0.05, 0) is 17.7 Å². The van der Waals surface area contributed by atoms with E-state index in [0.29, 0.717) is 17.9 Å². The summed E-state index contributed by atoms with van der Waals surface area (Å²) in [7, 11) is 1.66. The molecule has 0 saturated carbocycles. The number of hydrogen-bond acceptors (Lipinski definition) is 4. The van der Waals surface area contributed by atoms with Crippen molar-refractivity contribution in [2.45, 2.75) is 6.54 Å². The molecular weight excluding hydrogens is 356 g/mol. The molecule has 0 aliphatic heterocycles. The lowest BCUT2D eigenvalue weighted by Gasteiger charge is -2.20. The topological polar surface area (TPSA) is 87.5 Å². The predicted molar refractivity (Wildman–Crippen MR) is 106 cm³/mol. The Kier molecular flexibility index (Phi) is 6.18. The minimum Gasteiger partial charge on any atom is -0.395 e. The highest BCUT2D eigenvalue weighted by Gasteiger charge is 2.21. The Bertz CT molecular complexity index is 939. The van der Waals surface area contributed by atoms with Crippen LogP contribution < -0.4 is 5.32 Å². The first-order valence-electron chi connectivity index (χ1n) is 8.93. The second kappa shape index (κ2) is 8.96. The van der Waals surface area contributed by atoms with Gasteiger partial charge in [-0.15, -0.1) is 0 Å². The van der Waals surface area contributed by atoms with E-state index in [1.54, 1.807) is 37.4 Å². The summed E-state index contributed by atoms with van der Waals surface area (Å²) in [5, 5.41) is 16.3. The molecule has 7 heteroatoms. The number of carbonyl (C=O) groups is 2. The van der Waals surface area contributed by atoms with Crippen LogP contribution in [0.2, 0.25) is 0 Å². The largest absolute Gasteiger partial charge is 0.395 e. The molecule has 3 rings (SSSR count). The van der Waals surface area contributed by atoms with E-state index in [2.05, 4.69) is 10.4 Å². The van der Waals surface area contributed by atoms with Crippen LogP contribution >= 0.6 is 0 Å². The molecule has 0 atom stereocenters. The highest BCUT2D eigenvalue weighted by Crippen LogP contribution is 2.15. The predicted octanol–water partition coefficient (Wildman–Crippen LogP) is 2.31. The lowest BCUT2D eigenvalue weighted by molar-refractivity contribution is 0.0701. The van der Waals surface area contributed by atoms with Crippen molar-refractivity contribution in [3.8, 4) is 0 Å². The molecule has 1 aromatic heterocycles. The number of nitrogens with zero attached hydrogens (tertiary/aromatic N) is 3. The fourth-order valence-corrected chi connectivity index (χ4v) is 2.81. The molecule has 1 heterocycles. The second-order valence-corrected chi connectivity index (χ2v) is 6.29. The van der Waals surface area contributed by atoms with Gasteiger partial charge in [0.05, 0.1) is 6.61 Å². The van der Waals surface area contributed by atoms with Gasteiger partial charge in [0.15, 0.2) is 5.69 Å². The quantitative estimate of drug-likeness (QED) is 0.660. The zero-order valence-electron chi connectivity index (χ0n) is 15.6. The van der Waals surface area contributed by atoms with Gasteiger partial charge >= 0.3 is 0 Å². The number of hydrogen-bond donors (Lipinski definition) is 2. The standard InChI is InChI=1S/C21H22N4O3/c1-24-19(22-20(27)17-10-6-3-7-11-17)14-18(23-24)21(28)25(12-13-26)15-16-8-4-2-5-9-16/h2-11,14,26H,12-13,15H2,1H3,(H,22,27). The first-order chi connectivity index (χ1) is 13.6. The molecule has 7 nitrogen and oxygen atoms in total. The molecule has 0 saturated heterocycles. The summed E-state index contributed by atoms with van der Waals surface area (Å²) in [5.74, 6) is -0.173. The average Bonchev–Trinajstić information content (AvgIpc) is 3.09. The lowest BCUT2D eigenvalue weighted by atomic mass is 10.2. The van der Waals surface area contributed by atoms with Crippen LogP contribution in [0.25, 0.3) is 0 Å². The fourth-order valence-electron chi connectivity index (χ4n) is 2.81. The number of nitrogens with one attached hydrogen (secondary N) is 1. The molecule has 0 aliphatic carbocycles. The molecule has 28 heavy (non-hydrogen) atoms. The number of carbonyl (C=O) groups excluding carboxylic acids is 2. The van der Waals surface area contributed by atoms with E-state index in [0.717, 1.165) is 5.56 Å². The van der Waals surface area contributed by atoms with Gasteiger partial charge < -0.3 is 15.3 Å². The van der Waals surface area contributed by atoms with Crippen molar-refractivity contribution in [1.82, 2.24) is 14.7 Å². The van der Waals surface area contributed by atoms with Crippen LogP contribution in [0.15, 0.2) is 66.7 Å². The molecule has 2 N–H and O–H groups in total. The Hall–Kier alpha value is -3.45. The van der Waals surface area contributed by atoms with Crippen molar-refractivity contribution < 1.29 is 14.7 Å². The highest BCUT2D eigenvalue weighted by molar-refractivity contribution is 6.04. The van der Waals surface area contributed by atoms with Crippen LogP contribution in [0, 0.1) is 0 Å². The molecule has 0 bridgehead atoms. The lowest BCUT2D eigenvalue weighted by Crippen LogP contribution is -2.33. The molecule has 0 spiro atoms. The van der Waals surface area contributed by atoms with Crippen molar-refractivity contribution in [1.29, 1.82) is 0 Å². The summed E-state index contributed by atoms with van der Waals surface area (Å²) in [6.07, 6.45) is 0. The molecule has 0 unspecified atom stereocenters. The molecule has 0 aliphatic rings. The number of aliphatic hydroxyl groups is 1. The number of rotatable bonds is 7. The van der Waals surface area contributed by atoms with Crippen molar-refractivity contribution in [2.24, 2.45) is 7.05 Å². The molecule has 3 aromatic rings. The molecular formula is C21H22N4O3. The SMILES string of the molecule is Cn1nc(C(=O)N(CCO)Cc2ccccc2)cc1NC(=O)c1ccccc1. The van der Waals surface area contributed by atoms with E-state index < -0.39 is 0 Å². The number of aryl methyl sites for hydroxylation is 1. The zero-order chi connectivity index (χ0) is 19.9. The van der Waals surface area contributed by atoms with Crippen LogP contribution in [0.3, 0.4) is 0 Å². The van der Waals surface area contributed by atoms with E-state index in [1.165, 1.54) is 9.58 Å².